The third kappa shape index (κ3) is 5.16. The van der Waals surface area contributed by atoms with Gasteiger partial charge in [-0.3, -0.25) is 14.5 Å². The van der Waals surface area contributed by atoms with Crippen LogP contribution in [0.3, 0.4) is 0 Å². The van der Waals surface area contributed by atoms with E-state index < -0.39 is 0 Å². The second-order valence-corrected chi connectivity index (χ2v) is 5.03. The molecule has 0 bridgehead atoms. The lowest BCUT2D eigenvalue weighted by Gasteiger charge is -2.21. The number of hydrogen-bond acceptors (Lipinski definition) is 2. The third-order valence-electron chi connectivity index (χ3n) is 3.27. The lowest BCUT2D eigenvalue weighted by Crippen LogP contribution is -2.37. The molecule has 0 aliphatic heterocycles. The minimum Gasteiger partial charge on any atom is -0.279 e. The van der Waals surface area contributed by atoms with Crippen LogP contribution in [0.4, 0.5) is 0 Å². The van der Waals surface area contributed by atoms with Crippen LogP contribution in [0, 0.1) is 0 Å². The van der Waals surface area contributed by atoms with Crippen LogP contribution in [-0.2, 0) is 4.79 Å². The molecule has 3 nitrogen and oxygen atoms in total. The molecule has 0 aliphatic rings. The maximum Gasteiger partial charge on any atom is 0.260 e. The van der Waals surface area contributed by atoms with Crippen LogP contribution < -0.4 is 0 Å². The maximum atomic E-state index is 12.4. The Balaban J connectivity index is 2.71. The number of hydrogen-bond donors (Lipinski definition) is 0. The number of carbonyl (C=O) groups is 2. The van der Waals surface area contributed by atoms with Gasteiger partial charge >= 0.3 is 0 Å². The zero-order valence-electron chi connectivity index (χ0n) is 12.6. The lowest BCUT2D eigenvalue weighted by atomic mass is 10.1. The molecule has 0 saturated heterocycles. The molecule has 20 heavy (non-hydrogen) atoms. The summed E-state index contributed by atoms with van der Waals surface area (Å²) in [6.45, 7) is 4.64. The predicted octanol–water partition coefficient (Wildman–Crippen LogP) is 4.04. The monoisotopic (exact) mass is 275 g/mol. The first-order chi connectivity index (χ1) is 9.70. The quantitative estimate of drug-likeness (QED) is 0.672. The van der Waals surface area contributed by atoms with Gasteiger partial charge in [-0.15, -0.1) is 0 Å². The molecule has 0 saturated carbocycles. The summed E-state index contributed by atoms with van der Waals surface area (Å²) in [6, 6.07) is 9.05. The summed E-state index contributed by atoms with van der Waals surface area (Å²) in [4.78, 5) is 26.0. The molecule has 0 N–H and O–H groups in total. The maximum absolute atomic E-state index is 12.4. The van der Waals surface area contributed by atoms with Gasteiger partial charge in [-0.25, -0.2) is 0 Å². The van der Waals surface area contributed by atoms with E-state index in [2.05, 4.69) is 6.92 Å². The summed E-state index contributed by atoms with van der Waals surface area (Å²) in [5.41, 5.74) is 0.590. The van der Waals surface area contributed by atoms with Crippen LogP contribution in [0.2, 0.25) is 0 Å². The summed E-state index contributed by atoms with van der Waals surface area (Å²) >= 11 is 0. The fourth-order valence-electron chi connectivity index (χ4n) is 2.12. The smallest absolute Gasteiger partial charge is 0.260 e. The van der Waals surface area contributed by atoms with Crippen molar-refractivity contribution in [3.05, 3.63) is 35.9 Å². The molecule has 0 aromatic heterocycles. The van der Waals surface area contributed by atoms with Gasteiger partial charge < -0.3 is 0 Å². The van der Waals surface area contributed by atoms with Gasteiger partial charge in [0.2, 0.25) is 5.91 Å². The van der Waals surface area contributed by atoms with Gasteiger partial charge in [-0.1, -0.05) is 51.3 Å². The highest BCUT2D eigenvalue weighted by Gasteiger charge is 2.21. The molecule has 110 valence electrons. The van der Waals surface area contributed by atoms with Crippen LogP contribution in [0.5, 0.6) is 0 Å². The Morgan fingerprint density at radius 1 is 0.950 bits per heavy atom. The first kappa shape index (κ1) is 16.4. The number of rotatable bonds is 8. The minimum atomic E-state index is -0.166. The molecule has 0 fully saturated rings. The molecule has 0 atom stereocenters. The van der Waals surface area contributed by atoms with E-state index in [4.69, 9.17) is 0 Å². The Kier molecular flexibility index (Phi) is 7.63. The van der Waals surface area contributed by atoms with Crippen molar-refractivity contribution in [3.8, 4) is 0 Å². The van der Waals surface area contributed by atoms with Crippen molar-refractivity contribution in [1.82, 2.24) is 4.90 Å². The molecule has 0 unspecified atom stereocenters. The standard InChI is InChI=1S/C17H25NO2/c1-3-5-6-10-14-18(16(19)11-4-2)17(20)15-12-8-7-9-13-15/h7-9,12-13H,3-6,10-11,14H2,1-2H3. The molecule has 1 aromatic carbocycles. The van der Waals surface area contributed by atoms with Crippen molar-refractivity contribution < 1.29 is 9.59 Å². The topological polar surface area (TPSA) is 37.4 Å². The average Bonchev–Trinajstić information content (AvgIpc) is 2.48. The number of nitrogens with zero attached hydrogens (tertiary/aromatic N) is 1. The van der Waals surface area contributed by atoms with E-state index in [0.29, 0.717) is 18.5 Å². The van der Waals surface area contributed by atoms with Crippen molar-refractivity contribution in [1.29, 1.82) is 0 Å². The number of benzene rings is 1. The van der Waals surface area contributed by atoms with E-state index in [9.17, 15) is 9.59 Å². The number of carbonyl (C=O) groups excluding carboxylic acids is 2. The van der Waals surface area contributed by atoms with Crippen LogP contribution in [-0.4, -0.2) is 23.3 Å². The lowest BCUT2D eigenvalue weighted by molar-refractivity contribution is -0.128. The van der Waals surface area contributed by atoms with E-state index in [0.717, 1.165) is 32.1 Å². The van der Waals surface area contributed by atoms with Crippen molar-refractivity contribution >= 4 is 11.8 Å². The highest BCUT2D eigenvalue weighted by atomic mass is 16.2. The first-order valence-electron chi connectivity index (χ1n) is 7.60. The normalized spacial score (nSPS) is 10.3. The SMILES string of the molecule is CCCCCCN(C(=O)CCC)C(=O)c1ccccc1. The predicted molar refractivity (Wildman–Crippen MR) is 81.5 cm³/mol. The Labute approximate surface area is 122 Å². The molecule has 0 aliphatic carbocycles. The van der Waals surface area contributed by atoms with E-state index in [-0.39, 0.29) is 11.8 Å². The molecule has 0 spiro atoms. The molecule has 2 amide bonds. The zero-order chi connectivity index (χ0) is 14.8. The highest BCUT2D eigenvalue weighted by Crippen LogP contribution is 2.10. The van der Waals surface area contributed by atoms with Crippen molar-refractivity contribution in [2.24, 2.45) is 0 Å². The van der Waals surface area contributed by atoms with E-state index >= 15 is 0 Å². The fourth-order valence-corrected chi connectivity index (χ4v) is 2.12. The molecule has 0 radical (unpaired) electrons. The van der Waals surface area contributed by atoms with Crippen molar-refractivity contribution in [2.45, 2.75) is 52.4 Å². The third-order valence-corrected chi connectivity index (χ3v) is 3.27. The van der Waals surface area contributed by atoms with Crippen LogP contribution >= 0.6 is 0 Å². The van der Waals surface area contributed by atoms with E-state index in [1.165, 1.54) is 4.90 Å². The van der Waals surface area contributed by atoms with Gasteiger partial charge in [0.05, 0.1) is 0 Å². The largest absolute Gasteiger partial charge is 0.279 e. The van der Waals surface area contributed by atoms with Crippen molar-refractivity contribution in [3.63, 3.8) is 0 Å². The van der Waals surface area contributed by atoms with Gasteiger partial charge in [-0.05, 0) is 25.0 Å². The van der Waals surface area contributed by atoms with Crippen LogP contribution in [0.1, 0.15) is 62.7 Å². The highest BCUT2D eigenvalue weighted by molar-refractivity contribution is 6.04. The summed E-state index contributed by atoms with van der Waals surface area (Å²) in [7, 11) is 0. The molecular formula is C17H25NO2. The van der Waals surface area contributed by atoms with Gasteiger partial charge in [0.25, 0.3) is 5.91 Å². The Morgan fingerprint density at radius 2 is 1.65 bits per heavy atom. The molecular weight excluding hydrogens is 250 g/mol. The Hall–Kier alpha value is -1.64. The number of unbranched alkanes of at least 4 members (excludes halogenated alkanes) is 3. The van der Waals surface area contributed by atoms with Gasteiger partial charge in [-0.2, -0.15) is 0 Å². The summed E-state index contributed by atoms with van der Waals surface area (Å²) in [6.07, 6.45) is 5.46. The summed E-state index contributed by atoms with van der Waals surface area (Å²) in [5.74, 6) is -0.224. The van der Waals surface area contributed by atoms with E-state index in [1.54, 1.807) is 12.1 Å². The summed E-state index contributed by atoms with van der Waals surface area (Å²) in [5, 5.41) is 0. The second-order valence-electron chi connectivity index (χ2n) is 5.03. The number of imide groups is 1. The number of amides is 2. The van der Waals surface area contributed by atoms with Gasteiger partial charge in [0, 0.05) is 18.5 Å². The molecule has 1 rings (SSSR count). The second kappa shape index (κ2) is 9.29. The van der Waals surface area contributed by atoms with Gasteiger partial charge in [0.1, 0.15) is 0 Å². The summed E-state index contributed by atoms with van der Waals surface area (Å²) < 4.78 is 0. The molecule has 1 aromatic rings. The van der Waals surface area contributed by atoms with Crippen LogP contribution in [0.25, 0.3) is 0 Å². The van der Waals surface area contributed by atoms with E-state index in [1.807, 2.05) is 25.1 Å². The minimum absolute atomic E-state index is 0.0575. The Bertz CT molecular complexity index is 414. The van der Waals surface area contributed by atoms with Gasteiger partial charge in [0.15, 0.2) is 0 Å². The van der Waals surface area contributed by atoms with Crippen molar-refractivity contribution in [2.75, 3.05) is 6.54 Å². The molecule has 3 heteroatoms. The molecule has 0 heterocycles. The first-order valence-corrected chi connectivity index (χ1v) is 7.60. The zero-order valence-corrected chi connectivity index (χ0v) is 12.6. The Morgan fingerprint density at radius 3 is 2.25 bits per heavy atom. The average molecular weight is 275 g/mol. The van der Waals surface area contributed by atoms with Crippen LogP contribution in [0.15, 0.2) is 30.3 Å². The fraction of sp³-hybridized carbons (Fsp3) is 0.529.